The molecule has 0 aliphatic rings. The first-order valence-corrected chi connectivity index (χ1v) is 8.90. The fraction of sp³-hybridized carbons (Fsp3) is 0. The number of nitrogen functional groups attached to an aromatic ring is 2. The summed E-state index contributed by atoms with van der Waals surface area (Å²) in [6, 6.07) is 9.98. The molecule has 0 spiro atoms. The zero-order valence-electron chi connectivity index (χ0n) is 12.7. The van der Waals surface area contributed by atoms with Gasteiger partial charge in [-0.05, 0) is 34.5 Å². The van der Waals surface area contributed by atoms with E-state index in [9.17, 15) is 10.1 Å². The molecule has 122 valence electrons. The van der Waals surface area contributed by atoms with Gasteiger partial charge in [-0.15, -0.1) is 22.7 Å². The van der Waals surface area contributed by atoms with Gasteiger partial charge < -0.3 is 17.2 Å². The summed E-state index contributed by atoms with van der Waals surface area (Å²) in [5, 5.41) is 13.2. The number of hydrogen-bond acceptors (Lipinski definition) is 7. The van der Waals surface area contributed by atoms with E-state index in [2.05, 4.69) is 11.1 Å². The van der Waals surface area contributed by atoms with Crippen molar-refractivity contribution in [1.82, 2.24) is 4.98 Å². The summed E-state index contributed by atoms with van der Waals surface area (Å²) in [5.74, 6) is -0.524. The molecule has 0 atom stereocenters. The first-order chi connectivity index (χ1) is 12.0. The van der Waals surface area contributed by atoms with Gasteiger partial charge in [0.25, 0.3) is 5.91 Å². The van der Waals surface area contributed by atoms with E-state index in [0.29, 0.717) is 15.8 Å². The lowest BCUT2D eigenvalue weighted by Crippen LogP contribution is -2.10. The highest BCUT2D eigenvalue weighted by molar-refractivity contribution is 7.21. The van der Waals surface area contributed by atoms with Crippen molar-refractivity contribution in [1.29, 1.82) is 5.26 Å². The molecule has 8 heteroatoms. The van der Waals surface area contributed by atoms with Crippen molar-refractivity contribution in [3.63, 3.8) is 0 Å². The zero-order valence-corrected chi connectivity index (χ0v) is 14.4. The second kappa shape index (κ2) is 5.44. The summed E-state index contributed by atoms with van der Waals surface area (Å²) in [5.41, 5.74) is 19.4. The number of nitrogens with zero attached hydrogens (tertiary/aromatic N) is 2. The number of hydrogen-bond donors (Lipinski definition) is 3. The molecule has 6 N–H and O–H groups in total. The minimum atomic E-state index is -0.628. The number of anilines is 2. The van der Waals surface area contributed by atoms with Crippen LogP contribution in [0.1, 0.15) is 15.2 Å². The van der Waals surface area contributed by atoms with Crippen LogP contribution in [0.25, 0.3) is 31.4 Å². The van der Waals surface area contributed by atoms with E-state index in [0.717, 1.165) is 27.0 Å². The van der Waals surface area contributed by atoms with Crippen LogP contribution in [0.3, 0.4) is 0 Å². The number of thiophene rings is 2. The molecular formula is C17H11N5OS2. The third-order valence-corrected chi connectivity index (χ3v) is 5.99. The maximum Gasteiger partial charge on any atom is 0.260 e. The Bertz CT molecular complexity index is 1220. The lowest BCUT2D eigenvalue weighted by molar-refractivity contribution is 0.100. The summed E-state index contributed by atoms with van der Waals surface area (Å²) in [4.78, 5) is 16.6. The Kier molecular flexibility index (Phi) is 3.35. The highest BCUT2D eigenvalue weighted by atomic mass is 32.1. The molecule has 1 aromatic carbocycles. The molecule has 0 aliphatic heterocycles. The lowest BCUT2D eigenvalue weighted by Gasteiger charge is -2.10. The number of primary amides is 1. The van der Waals surface area contributed by atoms with Gasteiger partial charge in [0, 0.05) is 15.6 Å². The topological polar surface area (TPSA) is 132 Å². The number of fused-ring (bicyclic) bond motifs is 2. The number of benzene rings is 1. The molecule has 3 aromatic heterocycles. The molecule has 0 bridgehead atoms. The van der Waals surface area contributed by atoms with Crippen molar-refractivity contribution in [2.45, 2.75) is 0 Å². The number of aromatic nitrogens is 1. The van der Waals surface area contributed by atoms with E-state index < -0.39 is 5.91 Å². The summed E-state index contributed by atoms with van der Waals surface area (Å²) in [6.07, 6.45) is 0. The van der Waals surface area contributed by atoms with Crippen molar-refractivity contribution in [3.05, 3.63) is 40.1 Å². The largest absolute Gasteiger partial charge is 0.397 e. The maximum atomic E-state index is 11.6. The SMILES string of the molecule is N#Cc1c(N)nc2sc(C(N)=O)c(N)c2c1-c1ccc2sccc2c1. The predicted molar refractivity (Wildman–Crippen MR) is 102 cm³/mol. The van der Waals surface area contributed by atoms with E-state index >= 15 is 0 Å². The van der Waals surface area contributed by atoms with E-state index in [1.165, 1.54) is 0 Å². The molecule has 0 unspecified atom stereocenters. The lowest BCUT2D eigenvalue weighted by atomic mass is 9.96. The van der Waals surface area contributed by atoms with Crippen LogP contribution in [0.5, 0.6) is 0 Å². The van der Waals surface area contributed by atoms with E-state index in [1.807, 2.05) is 29.6 Å². The van der Waals surface area contributed by atoms with Gasteiger partial charge in [0.05, 0.1) is 5.69 Å². The van der Waals surface area contributed by atoms with Crippen molar-refractivity contribution in [2.75, 3.05) is 11.5 Å². The van der Waals surface area contributed by atoms with Crippen LogP contribution in [0, 0.1) is 11.3 Å². The monoisotopic (exact) mass is 365 g/mol. The molecule has 6 nitrogen and oxygen atoms in total. The van der Waals surface area contributed by atoms with E-state index in [-0.39, 0.29) is 21.9 Å². The van der Waals surface area contributed by atoms with Crippen LogP contribution in [-0.2, 0) is 0 Å². The van der Waals surface area contributed by atoms with Gasteiger partial charge in [-0.3, -0.25) is 4.79 Å². The number of rotatable bonds is 2. The van der Waals surface area contributed by atoms with Gasteiger partial charge in [-0.1, -0.05) is 6.07 Å². The summed E-state index contributed by atoms with van der Waals surface area (Å²) >= 11 is 2.71. The van der Waals surface area contributed by atoms with Gasteiger partial charge >= 0.3 is 0 Å². The standard InChI is InChI=1S/C17H11N5OS2/c18-6-9-11(8-1-2-10-7(5-8)3-4-24-10)12-13(19)14(16(21)23)25-17(12)22-15(9)20/h1-5H,19H2,(H2,20,22)(H2,21,23). The highest BCUT2D eigenvalue weighted by Gasteiger charge is 2.23. The Labute approximate surface area is 150 Å². The van der Waals surface area contributed by atoms with Gasteiger partial charge in [-0.2, -0.15) is 5.26 Å². The minimum Gasteiger partial charge on any atom is -0.397 e. The second-order valence-corrected chi connectivity index (χ2v) is 7.37. The normalized spacial score (nSPS) is 11.0. The molecule has 1 amide bonds. The van der Waals surface area contributed by atoms with Gasteiger partial charge in [-0.25, -0.2) is 4.98 Å². The smallest absolute Gasteiger partial charge is 0.260 e. The summed E-state index contributed by atoms with van der Waals surface area (Å²) < 4.78 is 1.14. The fourth-order valence-corrected chi connectivity index (χ4v) is 4.61. The zero-order chi connectivity index (χ0) is 17.7. The number of nitriles is 1. The summed E-state index contributed by atoms with van der Waals surface area (Å²) in [6.45, 7) is 0. The van der Waals surface area contributed by atoms with Gasteiger partial charge in [0.1, 0.15) is 27.2 Å². The molecule has 0 saturated heterocycles. The number of amides is 1. The molecule has 25 heavy (non-hydrogen) atoms. The first kappa shape index (κ1) is 15.4. The Morgan fingerprint density at radius 2 is 2.04 bits per heavy atom. The molecule has 0 saturated carbocycles. The van der Waals surface area contributed by atoms with Gasteiger partial charge in [0.15, 0.2) is 0 Å². The molecule has 0 aliphatic carbocycles. The average molecular weight is 365 g/mol. The number of nitrogens with two attached hydrogens (primary N) is 3. The van der Waals surface area contributed by atoms with Crippen LogP contribution in [0.4, 0.5) is 11.5 Å². The molecule has 0 radical (unpaired) electrons. The average Bonchev–Trinajstić information content (AvgIpc) is 3.17. The Morgan fingerprint density at radius 1 is 1.24 bits per heavy atom. The minimum absolute atomic E-state index is 0.104. The molecule has 3 heterocycles. The molecule has 4 rings (SSSR count). The molecule has 4 aromatic rings. The third-order valence-electron chi connectivity index (χ3n) is 3.98. The second-order valence-electron chi connectivity index (χ2n) is 5.42. The molecule has 0 fully saturated rings. The third kappa shape index (κ3) is 2.21. The highest BCUT2D eigenvalue weighted by Crippen LogP contribution is 2.43. The van der Waals surface area contributed by atoms with E-state index in [1.54, 1.807) is 11.3 Å². The Balaban J connectivity index is 2.16. The number of pyridine rings is 1. The van der Waals surface area contributed by atoms with Crippen LogP contribution in [-0.4, -0.2) is 10.9 Å². The summed E-state index contributed by atoms with van der Waals surface area (Å²) in [7, 11) is 0. The van der Waals surface area contributed by atoms with Crippen LogP contribution in [0.2, 0.25) is 0 Å². The van der Waals surface area contributed by atoms with Crippen molar-refractivity contribution >= 4 is 60.4 Å². The quantitative estimate of drug-likeness (QED) is 0.501. The van der Waals surface area contributed by atoms with Crippen LogP contribution >= 0.6 is 22.7 Å². The number of carbonyl (C=O) groups is 1. The Morgan fingerprint density at radius 3 is 2.76 bits per heavy atom. The Hall–Kier alpha value is -3.15. The van der Waals surface area contributed by atoms with E-state index in [4.69, 9.17) is 17.2 Å². The van der Waals surface area contributed by atoms with Crippen molar-refractivity contribution in [3.8, 4) is 17.2 Å². The number of carbonyl (C=O) groups excluding carboxylic acids is 1. The maximum absolute atomic E-state index is 11.6. The van der Waals surface area contributed by atoms with Crippen molar-refractivity contribution < 1.29 is 4.79 Å². The fourth-order valence-electron chi connectivity index (χ4n) is 2.88. The van der Waals surface area contributed by atoms with Crippen LogP contribution in [0.15, 0.2) is 29.6 Å². The van der Waals surface area contributed by atoms with Crippen molar-refractivity contribution in [2.24, 2.45) is 5.73 Å². The molecular weight excluding hydrogens is 354 g/mol. The van der Waals surface area contributed by atoms with Gasteiger partial charge in [0.2, 0.25) is 0 Å². The first-order valence-electron chi connectivity index (χ1n) is 7.20. The predicted octanol–water partition coefficient (Wildman–Crippen LogP) is 3.31. The van der Waals surface area contributed by atoms with Crippen LogP contribution < -0.4 is 17.2 Å².